The highest BCUT2D eigenvalue weighted by Crippen LogP contribution is 2.36. The Labute approximate surface area is 133 Å². The van der Waals surface area contributed by atoms with Crippen LogP contribution in [0.15, 0.2) is 24.3 Å². The number of aliphatic hydroxyl groups excluding tert-OH is 1. The minimum atomic E-state index is -4.42. The van der Waals surface area contributed by atoms with E-state index < -0.39 is 17.7 Å². The molecule has 128 valence electrons. The average Bonchev–Trinajstić information content (AvgIpc) is 3.30. The third-order valence-corrected chi connectivity index (χ3v) is 4.27. The van der Waals surface area contributed by atoms with Crippen LogP contribution in [-0.2, 0) is 11.0 Å². The highest BCUT2D eigenvalue weighted by molar-refractivity contribution is 5.77. The van der Waals surface area contributed by atoms with Gasteiger partial charge in [-0.2, -0.15) is 13.2 Å². The summed E-state index contributed by atoms with van der Waals surface area (Å²) in [5.41, 5.74) is -0.547. The summed E-state index contributed by atoms with van der Waals surface area (Å²) in [7, 11) is 0. The third-order valence-electron chi connectivity index (χ3n) is 4.27. The van der Waals surface area contributed by atoms with Crippen molar-refractivity contribution >= 4 is 5.91 Å². The molecular weight excluding hydrogens is 307 g/mol. The number of nitrogens with one attached hydrogen (secondary N) is 1. The van der Waals surface area contributed by atoms with Crippen molar-refractivity contribution in [2.45, 2.75) is 50.7 Å². The van der Waals surface area contributed by atoms with Crippen molar-refractivity contribution < 1.29 is 23.1 Å². The maximum Gasteiger partial charge on any atom is 0.416 e. The topological polar surface area (TPSA) is 49.3 Å². The van der Waals surface area contributed by atoms with Crippen LogP contribution < -0.4 is 5.32 Å². The molecule has 2 atom stereocenters. The van der Waals surface area contributed by atoms with Gasteiger partial charge in [0.25, 0.3) is 0 Å². The summed E-state index contributed by atoms with van der Waals surface area (Å²) < 4.78 is 39.1. The molecule has 0 radical (unpaired) electrons. The van der Waals surface area contributed by atoms with Crippen molar-refractivity contribution in [3.63, 3.8) is 0 Å². The quantitative estimate of drug-likeness (QED) is 0.805. The van der Waals surface area contributed by atoms with E-state index in [-0.39, 0.29) is 30.5 Å². The molecule has 23 heavy (non-hydrogen) atoms. The summed E-state index contributed by atoms with van der Waals surface area (Å²) in [5.74, 6) is -0.398. The molecule has 0 aromatic heterocycles. The number of rotatable bonds is 7. The second-order valence-electron chi connectivity index (χ2n) is 6.21. The number of alkyl halides is 3. The number of benzene rings is 1. The number of carbonyl (C=O) groups is 1. The van der Waals surface area contributed by atoms with Gasteiger partial charge in [-0.25, -0.2) is 0 Å². The number of amides is 1. The Morgan fingerprint density at radius 2 is 2.00 bits per heavy atom. The van der Waals surface area contributed by atoms with Crippen LogP contribution in [0.1, 0.15) is 49.7 Å². The van der Waals surface area contributed by atoms with Crippen molar-refractivity contribution in [1.82, 2.24) is 5.32 Å². The first-order valence-corrected chi connectivity index (χ1v) is 7.89. The van der Waals surface area contributed by atoms with Gasteiger partial charge in [0, 0.05) is 19.1 Å². The zero-order chi connectivity index (χ0) is 17.0. The summed E-state index contributed by atoms with van der Waals surface area (Å²) in [6, 6.07) is 5.30. The summed E-state index contributed by atoms with van der Waals surface area (Å²) >= 11 is 0. The van der Waals surface area contributed by atoms with E-state index in [1.54, 1.807) is 13.0 Å². The Morgan fingerprint density at radius 3 is 2.57 bits per heavy atom. The largest absolute Gasteiger partial charge is 0.416 e. The molecule has 6 heteroatoms. The molecule has 1 aromatic carbocycles. The molecule has 3 nitrogen and oxygen atoms in total. The van der Waals surface area contributed by atoms with Crippen molar-refractivity contribution in [2.75, 3.05) is 6.61 Å². The van der Waals surface area contributed by atoms with Crippen LogP contribution in [0.25, 0.3) is 0 Å². The molecule has 2 rings (SSSR count). The lowest BCUT2D eigenvalue weighted by molar-refractivity contribution is -0.138. The Kier molecular flexibility index (Phi) is 5.68. The standard InChI is InChI=1S/C17H22F3NO2/c1-11(13-4-2-3-5-14(13)17(18,19)20)10-16(23)21-15(8-9-22)12-6-7-12/h2-5,11-12,15,22H,6-10H2,1H3,(H,21,23). The molecule has 0 aliphatic heterocycles. The molecule has 1 fully saturated rings. The van der Waals surface area contributed by atoms with Crippen LogP contribution >= 0.6 is 0 Å². The van der Waals surface area contributed by atoms with E-state index in [0.29, 0.717) is 12.3 Å². The van der Waals surface area contributed by atoms with Gasteiger partial charge in [0.05, 0.1) is 5.56 Å². The molecule has 0 spiro atoms. The second-order valence-corrected chi connectivity index (χ2v) is 6.21. The number of carbonyl (C=O) groups excluding carboxylic acids is 1. The lowest BCUT2D eigenvalue weighted by atomic mass is 9.92. The highest BCUT2D eigenvalue weighted by atomic mass is 19.4. The summed E-state index contributed by atoms with van der Waals surface area (Å²) in [4.78, 5) is 12.1. The molecular formula is C17H22F3NO2. The van der Waals surface area contributed by atoms with Crippen molar-refractivity contribution in [3.8, 4) is 0 Å². The molecule has 0 saturated heterocycles. The first-order chi connectivity index (χ1) is 10.8. The van der Waals surface area contributed by atoms with Crippen LogP contribution in [0.3, 0.4) is 0 Å². The zero-order valence-corrected chi connectivity index (χ0v) is 13.1. The van der Waals surface area contributed by atoms with Gasteiger partial charge in [0.2, 0.25) is 5.91 Å². The van der Waals surface area contributed by atoms with E-state index in [1.165, 1.54) is 12.1 Å². The highest BCUT2D eigenvalue weighted by Gasteiger charge is 2.35. The normalized spacial score (nSPS) is 17.6. The van der Waals surface area contributed by atoms with Gasteiger partial charge < -0.3 is 10.4 Å². The van der Waals surface area contributed by atoms with Crippen LogP contribution in [0, 0.1) is 5.92 Å². The minimum absolute atomic E-state index is 0.00173. The monoisotopic (exact) mass is 329 g/mol. The fourth-order valence-corrected chi connectivity index (χ4v) is 2.90. The summed E-state index contributed by atoms with van der Waals surface area (Å²) in [6.07, 6.45) is -1.88. The Balaban J connectivity index is 2.01. The van der Waals surface area contributed by atoms with E-state index in [0.717, 1.165) is 18.9 Å². The Hall–Kier alpha value is -1.56. The van der Waals surface area contributed by atoms with Crippen LogP contribution in [-0.4, -0.2) is 23.7 Å². The fraction of sp³-hybridized carbons (Fsp3) is 0.588. The number of hydrogen-bond donors (Lipinski definition) is 2. The van der Waals surface area contributed by atoms with E-state index >= 15 is 0 Å². The Morgan fingerprint density at radius 1 is 1.35 bits per heavy atom. The molecule has 1 aliphatic rings. The SMILES string of the molecule is CC(CC(=O)NC(CCO)C1CC1)c1ccccc1C(F)(F)F. The number of halogens is 3. The van der Waals surface area contributed by atoms with Crippen molar-refractivity contribution in [2.24, 2.45) is 5.92 Å². The van der Waals surface area contributed by atoms with Gasteiger partial charge in [0.1, 0.15) is 0 Å². The minimum Gasteiger partial charge on any atom is -0.396 e. The lowest BCUT2D eigenvalue weighted by Crippen LogP contribution is -2.37. The summed E-state index contributed by atoms with van der Waals surface area (Å²) in [5, 5.41) is 11.9. The van der Waals surface area contributed by atoms with Crippen LogP contribution in [0.2, 0.25) is 0 Å². The van der Waals surface area contributed by atoms with E-state index in [4.69, 9.17) is 5.11 Å². The van der Waals surface area contributed by atoms with Gasteiger partial charge in [-0.3, -0.25) is 4.79 Å². The van der Waals surface area contributed by atoms with Gasteiger partial charge >= 0.3 is 6.18 Å². The summed E-state index contributed by atoms with van der Waals surface area (Å²) in [6.45, 7) is 1.62. The van der Waals surface area contributed by atoms with Crippen molar-refractivity contribution in [1.29, 1.82) is 0 Å². The molecule has 1 aromatic rings. The molecule has 2 unspecified atom stereocenters. The first-order valence-electron chi connectivity index (χ1n) is 7.89. The van der Waals surface area contributed by atoms with Gasteiger partial charge in [-0.15, -0.1) is 0 Å². The van der Waals surface area contributed by atoms with Gasteiger partial charge in [-0.1, -0.05) is 25.1 Å². The molecule has 1 aliphatic carbocycles. The predicted octanol–water partition coefficient (Wildman–Crippen LogP) is 3.48. The fourth-order valence-electron chi connectivity index (χ4n) is 2.90. The zero-order valence-electron chi connectivity index (χ0n) is 13.1. The van der Waals surface area contributed by atoms with Gasteiger partial charge in [-0.05, 0) is 42.7 Å². The number of aliphatic hydroxyl groups is 1. The molecule has 0 bridgehead atoms. The van der Waals surface area contributed by atoms with E-state index in [9.17, 15) is 18.0 Å². The molecule has 1 amide bonds. The van der Waals surface area contributed by atoms with Crippen LogP contribution in [0.5, 0.6) is 0 Å². The van der Waals surface area contributed by atoms with Crippen LogP contribution in [0.4, 0.5) is 13.2 Å². The lowest BCUT2D eigenvalue weighted by Gasteiger charge is -2.21. The first kappa shape index (κ1) is 17.8. The van der Waals surface area contributed by atoms with E-state index in [2.05, 4.69) is 5.32 Å². The molecule has 2 N–H and O–H groups in total. The smallest absolute Gasteiger partial charge is 0.396 e. The maximum absolute atomic E-state index is 13.0. The second kappa shape index (κ2) is 7.34. The third kappa shape index (κ3) is 4.96. The molecule has 1 saturated carbocycles. The van der Waals surface area contributed by atoms with E-state index in [1.807, 2.05) is 0 Å². The number of hydrogen-bond acceptors (Lipinski definition) is 2. The predicted molar refractivity (Wildman–Crippen MR) is 80.8 cm³/mol. The maximum atomic E-state index is 13.0. The molecule has 0 heterocycles. The van der Waals surface area contributed by atoms with Crippen molar-refractivity contribution in [3.05, 3.63) is 35.4 Å². The Bertz CT molecular complexity index is 541. The average molecular weight is 329 g/mol. The van der Waals surface area contributed by atoms with Gasteiger partial charge in [0.15, 0.2) is 0 Å².